The number of ether oxygens (including phenoxy) is 1. The second-order valence-electron chi connectivity index (χ2n) is 2.98. The van der Waals surface area contributed by atoms with Crippen molar-refractivity contribution >= 4 is 5.97 Å². The van der Waals surface area contributed by atoms with Gasteiger partial charge in [-0.15, -0.1) is 0 Å². The number of hydrogen-bond acceptors (Lipinski definition) is 3. The van der Waals surface area contributed by atoms with Crippen molar-refractivity contribution in [2.75, 3.05) is 0 Å². The van der Waals surface area contributed by atoms with Crippen LogP contribution in [-0.2, 0) is 16.1 Å². The van der Waals surface area contributed by atoms with Crippen molar-refractivity contribution in [1.29, 1.82) is 0 Å². The second-order valence-corrected chi connectivity index (χ2v) is 2.98. The number of carbonyl (C=O) groups excluding carboxylic acids is 1. The molecule has 0 aliphatic rings. The molecule has 0 radical (unpaired) electrons. The highest BCUT2D eigenvalue weighted by molar-refractivity contribution is 5.82. The highest BCUT2D eigenvalue weighted by Gasteiger charge is 1.98. The van der Waals surface area contributed by atoms with Gasteiger partial charge in [0.05, 0.1) is 0 Å². The van der Waals surface area contributed by atoms with Gasteiger partial charge in [-0.05, 0) is 12.5 Å². The predicted molar refractivity (Wildman–Crippen MR) is 54.2 cm³/mol. The summed E-state index contributed by atoms with van der Waals surface area (Å²) in [6, 6.07) is 9.49. The molecule has 0 saturated carbocycles. The van der Waals surface area contributed by atoms with Crippen LogP contribution in [-0.4, -0.2) is 5.97 Å². The second kappa shape index (κ2) is 5.07. The molecule has 3 heteroatoms. The first kappa shape index (κ1) is 10.3. The van der Waals surface area contributed by atoms with Gasteiger partial charge in [0.15, 0.2) is 0 Å². The van der Waals surface area contributed by atoms with E-state index in [1.54, 1.807) is 6.92 Å². The fraction of sp³-hybridized carbons (Fsp3) is 0.182. The van der Waals surface area contributed by atoms with Crippen molar-refractivity contribution in [1.82, 2.24) is 0 Å². The first-order valence-electron chi connectivity index (χ1n) is 4.33. The van der Waals surface area contributed by atoms with Gasteiger partial charge in [-0.2, -0.15) is 0 Å². The summed E-state index contributed by atoms with van der Waals surface area (Å²) in [6.45, 7) is 1.92. The van der Waals surface area contributed by atoms with Crippen LogP contribution in [0, 0.1) is 0 Å². The molecule has 0 amide bonds. The molecule has 1 aromatic carbocycles. The maximum absolute atomic E-state index is 11.0. The zero-order valence-electron chi connectivity index (χ0n) is 8.07. The molecule has 0 heterocycles. The van der Waals surface area contributed by atoms with Gasteiger partial charge in [-0.1, -0.05) is 30.3 Å². The van der Waals surface area contributed by atoms with Crippen LogP contribution >= 0.6 is 0 Å². The number of benzene rings is 1. The summed E-state index contributed by atoms with van der Waals surface area (Å²) >= 11 is 0. The molecule has 0 aliphatic carbocycles. The van der Waals surface area contributed by atoms with Gasteiger partial charge in [0.25, 0.3) is 0 Å². The van der Waals surface area contributed by atoms with Crippen LogP contribution in [0.4, 0.5) is 0 Å². The molecule has 1 aromatic rings. The van der Waals surface area contributed by atoms with Crippen LogP contribution in [0.1, 0.15) is 12.5 Å². The lowest BCUT2D eigenvalue weighted by Gasteiger charge is -2.01. The van der Waals surface area contributed by atoms with Crippen LogP contribution in [0.2, 0.25) is 0 Å². The largest absolute Gasteiger partial charge is 0.458 e. The zero-order valence-corrected chi connectivity index (χ0v) is 8.07. The minimum Gasteiger partial charge on any atom is -0.458 e. The highest BCUT2D eigenvalue weighted by atomic mass is 16.5. The Morgan fingerprint density at radius 2 is 2.07 bits per heavy atom. The first-order valence-corrected chi connectivity index (χ1v) is 4.33. The Kier molecular flexibility index (Phi) is 3.73. The third kappa shape index (κ3) is 3.76. The van der Waals surface area contributed by atoms with E-state index in [1.165, 1.54) is 6.08 Å². The fourth-order valence-electron chi connectivity index (χ4n) is 0.956. The molecule has 0 aliphatic heterocycles. The third-order valence-electron chi connectivity index (χ3n) is 1.57. The Labute approximate surface area is 83.2 Å². The van der Waals surface area contributed by atoms with Gasteiger partial charge in [0, 0.05) is 11.8 Å². The topological polar surface area (TPSA) is 52.3 Å². The summed E-state index contributed by atoms with van der Waals surface area (Å²) < 4.78 is 4.94. The van der Waals surface area contributed by atoms with E-state index < -0.39 is 5.97 Å². The monoisotopic (exact) mass is 191 g/mol. The Bertz CT molecular complexity index is 326. The number of carbonyl (C=O) groups is 1. The molecular weight excluding hydrogens is 178 g/mol. The summed E-state index contributed by atoms with van der Waals surface area (Å²) in [6.07, 6.45) is 1.27. The first-order chi connectivity index (χ1) is 6.68. The lowest BCUT2D eigenvalue weighted by atomic mass is 10.2. The molecule has 2 N–H and O–H groups in total. The fourth-order valence-corrected chi connectivity index (χ4v) is 0.956. The molecule has 1 rings (SSSR count). The Balaban J connectivity index is 2.42. The number of hydrogen-bond donors (Lipinski definition) is 1. The van der Waals surface area contributed by atoms with Gasteiger partial charge < -0.3 is 10.5 Å². The van der Waals surface area contributed by atoms with E-state index in [9.17, 15) is 4.79 Å². The van der Waals surface area contributed by atoms with E-state index >= 15 is 0 Å². The standard InChI is InChI=1S/C11H13NO2/c1-9(12)7-11(13)14-8-10-5-3-2-4-6-10/h2-7H,8,12H2,1H3/b9-7-. The molecule has 0 atom stereocenters. The molecule has 3 nitrogen and oxygen atoms in total. The Morgan fingerprint density at radius 3 is 2.64 bits per heavy atom. The van der Waals surface area contributed by atoms with Crippen LogP contribution in [0.3, 0.4) is 0 Å². The van der Waals surface area contributed by atoms with Gasteiger partial charge in [-0.25, -0.2) is 4.79 Å². The van der Waals surface area contributed by atoms with Crippen LogP contribution in [0.25, 0.3) is 0 Å². The molecule has 0 saturated heterocycles. The summed E-state index contributed by atoms with van der Waals surface area (Å²) in [5, 5.41) is 0. The van der Waals surface area contributed by atoms with Crippen molar-refractivity contribution in [3.8, 4) is 0 Å². The van der Waals surface area contributed by atoms with Crippen molar-refractivity contribution in [2.45, 2.75) is 13.5 Å². The SMILES string of the molecule is C/C(N)=C/C(=O)OCc1ccccc1. The molecule has 14 heavy (non-hydrogen) atoms. The predicted octanol–water partition coefficient (Wildman–Crippen LogP) is 1.59. The average molecular weight is 191 g/mol. The molecule has 0 bridgehead atoms. The van der Waals surface area contributed by atoms with Crippen molar-refractivity contribution in [2.24, 2.45) is 5.73 Å². The van der Waals surface area contributed by atoms with Gasteiger partial charge in [0.2, 0.25) is 0 Å². The van der Waals surface area contributed by atoms with E-state index in [1.807, 2.05) is 30.3 Å². The van der Waals surface area contributed by atoms with Crippen molar-refractivity contribution in [3.05, 3.63) is 47.7 Å². The van der Waals surface area contributed by atoms with Crippen LogP contribution < -0.4 is 5.73 Å². The van der Waals surface area contributed by atoms with E-state index in [2.05, 4.69) is 0 Å². The van der Waals surface area contributed by atoms with Gasteiger partial charge >= 0.3 is 5.97 Å². The lowest BCUT2D eigenvalue weighted by molar-refractivity contribution is -0.139. The normalized spacial score (nSPS) is 11.1. The maximum Gasteiger partial charge on any atom is 0.332 e. The molecule has 0 fully saturated rings. The summed E-state index contributed by atoms with van der Waals surface area (Å²) in [7, 11) is 0. The summed E-state index contributed by atoms with van der Waals surface area (Å²) in [4.78, 5) is 11.0. The zero-order chi connectivity index (χ0) is 10.4. The van der Waals surface area contributed by atoms with E-state index in [0.717, 1.165) is 5.56 Å². The number of nitrogens with two attached hydrogens (primary N) is 1. The van der Waals surface area contributed by atoms with Gasteiger partial charge in [-0.3, -0.25) is 0 Å². The minimum atomic E-state index is -0.408. The Hall–Kier alpha value is -1.77. The van der Waals surface area contributed by atoms with Crippen LogP contribution in [0.15, 0.2) is 42.1 Å². The van der Waals surface area contributed by atoms with Crippen molar-refractivity contribution < 1.29 is 9.53 Å². The van der Waals surface area contributed by atoms with E-state index in [4.69, 9.17) is 10.5 Å². The number of rotatable bonds is 3. The smallest absolute Gasteiger partial charge is 0.332 e. The van der Waals surface area contributed by atoms with Crippen LogP contribution in [0.5, 0.6) is 0 Å². The molecule has 0 unspecified atom stereocenters. The molecule has 0 aromatic heterocycles. The minimum absolute atomic E-state index is 0.281. The summed E-state index contributed by atoms with van der Waals surface area (Å²) in [5.74, 6) is -0.408. The lowest BCUT2D eigenvalue weighted by Crippen LogP contribution is -2.04. The van der Waals surface area contributed by atoms with Gasteiger partial charge in [0.1, 0.15) is 6.61 Å². The Morgan fingerprint density at radius 1 is 1.43 bits per heavy atom. The van der Waals surface area contributed by atoms with E-state index in [-0.39, 0.29) is 6.61 Å². The molecule has 0 spiro atoms. The number of allylic oxidation sites excluding steroid dienone is 1. The molecule has 74 valence electrons. The third-order valence-corrected chi connectivity index (χ3v) is 1.57. The summed E-state index contributed by atoms with van der Waals surface area (Å²) in [5.41, 5.74) is 6.73. The number of esters is 1. The average Bonchev–Trinajstić information content (AvgIpc) is 2.15. The molecular formula is C11H13NO2. The highest BCUT2D eigenvalue weighted by Crippen LogP contribution is 2.00. The van der Waals surface area contributed by atoms with Crippen molar-refractivity contribution in [3.63, 3.8) is 0 Å². The van der Waals surface area contributed by atoms with E-state index in [0.29, 0.717) is 5.70 Å². The maximum atomic E-state index is 11.0. The quantitative estimate of drug-likeness (QED) is 0.583.